The highest BCUT2D eigenvalue weighted by Gasteiger charge is 2.33. The second kappa shape index (κ2) is 6.48. The topological polar surface area (TPSA) is 71.5 Å². The predicted molar refractivity (Wildman–Crippen MR) is 96.3 cm³/mol. The number of hydrogen-bond donors (Lipinski definition) is 1. The van der Waals surface area contributed by atoms with E-state index in [-0.39, 0.29) is 18.4 Å². The number of aromatic nitrogens is 1. The number of para-hydroxylation sites is 2. The molecule has 2 amide bonds. The van der Waals surface area contributed by atoms with Crippen molar-refractivity contribution in [3.63, 3.8) is 0 Å². The van der Waals surface area contributed by atoms with E-state index in [1.165, 1.54) is 18.2 Å². The maximum atomic E-state index is 12.7. The third kappa shape index (κ3) is 3.11. The molecule has 1 aliphatic carbocycles. The average Bonchev–Trinajstić information content (AvgIpc) is 3.02. The van der Waals surface area contributed by atoms with Crippen LogP contribution >= 0.6 is 11.3 Å². The van der Waals surface area contributed by atoms with Crippen molar-refractivity contribution in [1.82, 2.24) is 4.98 Å². The van der Waals surface area contributed by atoms with E-state index in [4.69, 9.17) is 4.74 Å². The summed E-state index contributed by atoms with van der Waals surface area (Å²) in [5.41, 5.74) is 1.80. The van der Waals surface area contributed by atoms with E-state index in [0.717, 1.165) is 25.0 Å². The summed E-state index contributed by atoms with van der Waals surface area (Å²) in [6.45, 7) is 1.69. The van der Waals surface area contributed by atoms with Gasteiger partial charge in [0.25, 0.3) is 5.91 Å². The molecule has 0 radical (unpaired) electrons. The van der Waals surface area contributed by atoms with Gasteiger partial charge in [-0.3, -0.25) is 14.9 Å². The molecule has 4 rings (SSSR count). The van der Waals surface area contributed by atoms with E-state index in [9.17, 15) is 9.59 Å². The number of fused-ring (bicyclic) bond motifs is 2. The van der Waals surface area contributed by atoms with Gasteiger partial charge in [0.2, 0.25) is 5.91 Å². The molecular formula is C18H19N3O3S. The second-order valence-electron chi connectivity index (χ2n) is 6.29. The van der Waals surface area contributed by atoms with E-state index in [1.807, 2.05) is 18.2 Å². The first-order valence-corrected chi connectivity index (χ1v) is 9.26. The SMILES string of the molecule is CC(=O)N1CC(C(=O)Nc2nc3c(s2)CCCC3)Oc2ccccc21. The fraction of sp³-hybridized carbons (Fsp3) is 0.389. The molecule has 1 N–H and O–H groups in total. The number of ether oxygens (including phenoxy) is 1. The molecule has 2 aromatic rings. The van der Waals surface area contributed by atoms with Gasteiger partial charge in [-0.2, -0.15) is 0 Å². The summed E-state index contributed by atoms with van der Waals surface area (Å²) >= 11 is 1.54. The molecule has 1 aliphatic heterocycles. The molecule has 0 saturated heterocycles. The Hall–Kier alpha value is -2.41. The van der Waals surface area contributed by atoms with E-state index in [1.54, 1.807) is 22.3 Å². The van der Waals surface area contributed by atoms with E-state index in [2.05, 4.69) is 10.3 Å². The van der Waals surface area contributed by atoms with Crippen LogP contribution in [-0.2, 0) is 22.4 Å². The highest BCUT2D eigenvalue weighted by atomic mass is 32.1. The first-order chi connectivity index (χ1) is 12.1. The Morgan fingerprint density at radius 1 is 1.28 bits per heavy atom. The van der Waals surface area contributed by atoms with Crippen LogP contribution in [0.2, 0.25) is 0 Å². The lowest BCUT2D eigenvalue weighted by atomic mass is 10.0. The summed E-state index contributed by atoms with van der Waals surface area (Å²) in [6, 6.07) is 7.26. The number of amides is 2. The van der Waals surface area contributed by atoms with Crippen LogP contribution in [0.1, 0.15) is 30.3 Å². The maximum Gasteiger partial charge on any atom is 0.269 e. The van der Waals surface area contributed by atoms with Crippen LogP contribution in [0.25, 0.3) is 0 Å². The number of rotatable bonds is 2. The van der Waals surface area contributed by atoms with Gasteiger partial charge in [-0.15, -0.1) is 11.3 Å². The van der Waals surface area contributed by atoms with Gasteiger partial charge < -0.3 is 9.64 Å². The summed E-state index contributed by atoms with van der Waals surface area (Å²) < 4.78 is 5.82. The van der Waals surface area contributed by atoms with Crippen molar-refractivity contribution >= 4 is 34.0 Å². The largest absolute Gasteiger partial charge is 0.476 e. The molecule has 7 heteroatoms. The van der Waals surface area contributed by atoms with E-state index in [0.29, 0.717) is 16.6 Å². The van der Waals surface area contributed by atoms with Crippen molar-refractivity contribution in [3.8, 4) is 5.75 Å². The maximum absolute atomic E-state index is 12.7. The molecule has 0 bridgehead atoms. The lowest BCUT2D eigenvalue weighted by Gasteiger charge is -2.33. The molecule has 1 aromatic heterocycles. The van der Waals surface area contributed by atoms with Crippen LogP contribution in [0.5, 0.6) is 5.75 Å². The van der Waals surface area contributed by atoms with Gasteiger partial charge in [0.1, 0.15) is 5.75 Å². The molecule has 1 aromatic carbocycles. The number of aryl methyl sites for hydroxylation is 2. The van der Waals surface area contributed by atoms with Crippen LogP contribution in [0.15, 0.2) is 24.3 Å². The number of nitrogens with zero attached hydrogens (tertiary/aromatic N) is 2. The molecule has 2 aliphatic rings. The zero-order chi connectivity index (χ0) is 17.4. The van der Waals surface area contributed by atoms with Crippen molar-refractivity contribution in [2.75, 3.05) is 16.8 Å². The lowest BCUT2D eigenvalue weighted by molar-refractivity contribution is -0.123. The number of carbonyl (C=O) groups excluding carboxylic acids is 2. The third-order valence-corrected chi connectivity index (χ3v) is 5.59. The number of hydrogen-bond acceptors (Lipinski definition) is 5. The molecule has 1 atom stereocenters. The predicted octanol–water partition coefficient (Wildman–Crippen LogP) is 2.77. The zero-order valence-corrected chi connectivity index (χ0v) is 14.8. The minimum absolute atomic E-state index is 0.113. The molecule has 2 heterocycles. The number of thiazole rings is 1. The Labute approximate surface area is 149 Å². The summed E-state index contributed by atoms with van der Waals surface area (Å²) in [4.78, 5) is 32.0. The molecule has 0 fully saturated rings. The Kier molecular flexibility index (Phi) is 4.17. The van der Waals surface area contributed by atoms with Crippen molar-refractivity contribution in [3.05, 3.63) is 34.8 Å². The smallest absolute Gasteiger partial charge is 0.269 e. The van der Waals surface area contributed by atoms with Crippen LogP contribution in [-0.4, -0.2) is 29.4 Å². The van der Waals surface area contributed by atoms with Crippen molar-refractivity contribution in [1.29, 1.82) is 0 Å². The Balaban J connectivity index is 1.52. The van der Waals surface area contributed by atoms with Gasteiger partial charge in [0.15, 0.2) is 11.2 Å². The zero-order valence-electron chi connectivity index (χ0n) is 13.9. The van der Waals surface area contributed by atoms with Crippen molar-refractivity contribution in [2.45, 2.75) is 38.7 Å². The summed E-state index contributed by atoms with van der Waals surface area (Å²) in [5, 5.41) is 3.48. The highest BCUT2D eigenvalue weighted by Crippen LogP contribution is 2.34. The monoisotopic (exact) mass is 357 g/mol. The number of anilines is 2. The molecule has 6 nitrogen and oxygen atoms in total. The standard InChI is InChI=1S/C18H19N3O3S/c1-11(22)21-10-15(24-14-8-4-3-7-13(14)21)17(23)20-18-19-12-6-2-5-9-16(12)25-18/h3-4,7-8,15H,2,5-6,9-10H2,1H3,(H,19,20,23). The molecule has 0 saturated carbocycles. The Morgan fingerprint density at radius 3 is 2.88 bits per heavy atom. The van der Waals surface area contributed by atoms with Crippen molar-refractivity contribution in [2.24, 2.45) is 0 Å². The summed E-state index contributed by atoms with van der Waals surface area (Å²) in [7, 11) is 0. The fourth-order valence-electron chi connectivity index (χ4n) is 3.26. The molecule has 0 spiro atoms. The number of carbonyl (C=O) groups is 2. The number of nitrogens with one attached hydrogen (secondary N) is 1. The van der Waals surface area contributed by atoms with Gasteiger partial charge >= 0.3 is 0 Å². The fourth-order valence-corrected chi connectivity index (χ4v) is 4.31. The van der Waals surface area contributed by atoms with Crippen LogP contribution in [0, 0.1) is 0 Å². The molecule has 1 unspecified atom stereocenters. The minimum Gasteiger partial charge on any atom is -0.476 e. The Morgan fingerprint density at radius 2 is 2.08 bits per heavy atom. The van der Waals surface area contributed by atoms with Crippen LogP contribution in [0.4, 0.5) is 10.8 Å². The van der Waals surface area contributed by atoms with Gasteiger partial charge in [-0.05, 0) is 37.8 Å². The number of benzene rings is 1. The van der Waals surface area contributed by atoms with Gasteiger partial charge in [-0.25, -0.2) is 4.98 Å². The first kappa shape index (κ1) is 16.1. The normalized spacial score (nSPS) is 18.8. The lowest BCUT2D eigenvalue weighted by Crippen LogP contribution is -2.48. The van der Waals surface area contributed by atoms with Gasteiger partial charge in [0.05, 0.1) is 17.9 Å². The van der Waals surface area contributed by atoms with E-state index < -0.39 is 6.10 Å². The quantitative estimate of drug-likeness (QED) is 0.897. The first-order valence-electron chi connectivity index (χ1n) is 8.45. The summed E-state index contributed by atoms with van der Waals surface area (Å²) in [6.07, 6.45) is 3.60. The van der Waals surface area contributed by atoms with Crippen LogP contribution in [0.3, 0.4) is 0 Å². The van der Waals surface area contributed by atoms with Gasteiger partial charge in [-0.1, -0.05) is 12.1 Å². The highest BCUT2D eigenvalue weighted by molar-refractivity contribution is 7.15. The third-order valence-electron chi connectivity index (χ3n) is 4.52. The average molecular weight is 357 g/mol. The summed E-state index contributed by atoms with van der Waals surface area (Å²) in [5.74, 6) is 0.160. The van der Waals surface area contributed by atoms with Crippen LogP contribution < -0.4 is 15.0 Å². The second-order valence-corrected chi connectivity index (χ2v) is 7.37. The molecule has 130 valence electrons. The van der Waals surface area contributed by atoms with Crippen molar-refractivity contribution < 1.29 is 14.3 Å². The van der Waals surface area contributed by atoms with E-state index >= 15 is 0 Å². The van der Waals surface area contributed by atoms with Gasteiger partial charge in [0, 0.05) is 11.8 Å². The minimum atomic E-state index is -0.750. The Bertz CT molecular complexity index is 809. The molecular weight excluding hydrogens is 338 g/mol. The molecule has 25 heavy (non-hydrogen) atoms.